The second kappa shape index (κ2) is 9.80. The smallest absolute Gasteiger partial charge is 0.467 e. The first-order chi connectivity index (χ1) is 16.4. The number of halogens is 4. The first kappa shape index (κ1) is 25.8. The fourth-order valence-electron chi connectivity index (χ4n) is 3.36. The number of methoxy groups -OCH3 is 2. The van der Waals surface area contributed by atoms with Crippen molar-refractivity contribution in [2.45, 2.75) is 18.4 Å². The molecule has 0 saturated heterocycles. The van der Waals surface area contributed by atoms with Gasteiger partial charge in [0.25, 0.3) is 0 Å². The van der Waals surface area contributed by atoms with Crippen LogP contribution < -0.4 is 15.1 Å². The highest BCUT2D eigenvalue weighted by atomic mass is 35.5. The Morgan fingerprint density at radius 2 is 1.77 bits per heavy atom. The molecular weight excluding hydrogens is 499 g/mol. The summed E-state index contributed by atoms with van der Waals surface area (Å²) in [6.45, 7) is 0. The number of nitrogens with zero attached hydrogens (tertiary/aromatic N) is 2. The molecule has 3 amide bonds. The van der Waals surface area contributed by atoms with Crippen molar-refractivity contribution < 1.29 is 46.9 Å². The molecule has 14 heteroatoms. The van der Waals surface area contributed by atoms with E-state index < -0.39 is 35.8 Å². The first-order valence-corrected chi connectivity index (χ1v) is 9.99. The molecule has 186 valence electrons. The minimum Gasteiger partial charge on any atom is -0.467 e. The molecule has 1 atom stereocenters. The topological polar surface area (TPSA) is 127 Å². The number of hydrogen-bond acceptors (Lipinski definition) is 8. The third-order valence-corrected chi connectivity index (χ3v) is 5.07. The number of nitrogens with one attached hydrogen (secondary N) is 1. The number of benzene rings is 2. The number of amides is 3. The largest absolute Gasteiger partial charge is 0.573 e. The minimum absolute atomic E-state index is 0.189. The van der Waals surface area contributed by atoms with Crippen LogP contribution in [0.1, 0.15) is 11.1 Å². The van der Waals surface area contributed by atoms with Crippen molar-refractivity contribution in [3.63, 3.8) is 0 Å². The molecule has 2 N–H and O–H groups in total. The summed E-state index contributed by atoms with van der Waals surface area (Å²) in [4.78, 5) is 37.8. The minimum atomic E-state index is -4.94. The zero-order chi connectivity index (χ0) is 26.0. The van der Waals surface area contributed by atoms with Crippen LogP contribution in [0.3, 0.4) is 0 Å². The first-order valence-electron chi connectivity index (χ1n) is 9.61. The monoisotopic (exact) mass is 515 g/mol. The van der Waals surface area contributed by atoms with Gasteiger partial charge in [-0.25, -0.2) is 19.8 Å². The van der Waals surface area contributed by atoms with Crippen molar-refractivity contribution in [2.75, 3.05) is 19.1 Å². The van der Waals surface area contributed by atoms with E-state index in [0.717, 1.165) is 38.5 Å². The van der Waals surface area contributed by atoms with E-state index in [1.807, 2.05) is 5.43 Å². The number of urea groups is 1. The highest BCUT2D eigenvalue weighted by Crippen LogP contribution is 2.33. The maximum Gasteiger partial charge on any atom is 0.573 e. The maximum absolute atomic E-state index is 12.8. The van der Waals surface area contributed by atoms with Gasteiger partial charge in [0.15, 0.2) is 0 Å². The number of aliphatic hydroxyl groups is 1. The Balaban J connectivity index is 1.93. The highest BCUT2D eigenvalue weighted by Gasteiger charge is 2.50. The van der Waals surface area contributed by atoms with Crippen LogP contribution in [0.25, 0.3) is 0 Å². The quantitative estimate of drug-likeness (QED) is 0.472. The van der Waals surface area contributed by atoms with Crippen LogP contribution in [0.4, 0.5) is 28.4 Å². The number of hydrazone groups is 1. The number of hydrogen-bond donors (Lipinski definition) is 2. The summed E-state index contributed by atoms with van der Waals surface area (Å²) in [5, 5.41) is 15.1. The Bertz CT molecular complexity index is 1190. The van der Waals surface area contributed by atoms with Crippen molar-refractivity contribution in [3.05, 3.63) is 58.6 Å². The van der Waals surface area contributed by atoms with Crippen LogP contribution in [0.5, 0.6) is 5.75 Å². The van der Waals surface area contributed by atoms with Gasteiger partial charge in [-0.2, -0.15) is 10.0 Å². The Labute approximate surface area is 200 Å². The van der Waals surface area contributed by atoms with Crippen LogP contribution in [0, 0.1) is 0 Å². The van der Waals surface area contributed by atoms with E-state index in [-0.39, 0.29) is 17.8 Å². The van der Waals surface area contributed by atoms with Crippen molar-refractivity contribution in [1.82, 2.24) is 5.43 Å². The molecule has 0 radical (unpaired) electrons. The molecule has 0 saturated carbocycles. The average Bonchev–Trinajstić information content (AvgIpc) is 3.08. The second-order valence-electron chi connectivity index (χ2n) is 7.05. The summed E-state index contributed by atoms with van der Waals surface area (Å²) in [5.74, 6) is -1.64. The number of carbonyl (C=O) groups is 3. The van der Waals surface area contributed by atoms with Gasteiger partial charge in [0.1, 0.15) is 11.5 Å². The van der Waals surface area contributed by atoms with Gasteiger partial charge in [-0.05, 0) is 42.0 Å². The number of fused-ring (bicyclic) bond motifs is 1. The predicted octanol–water partition coefficient (Wildman–Crippen LogP) is 3.39. The van der Waals surface area contributed by atoms with Gasteiger partial charge >= 0.3 is 24.5 Å². The van der Waals surface area contributed by atoms with E-state index >= 15 is 0 Å². The lowest BCUT2D eigenvalue weighted by atomic mass is 9.99. The van der Waals surface area contributed by atoms with Gasteiger partial charge in [0, 0.05) is 17.0 Å². The SMILES string of the molecule is COC(=O)N(C(=O)N/N=C1/c2ccc(Cl)cc2C[C@@]1(O)C(=O)OC)c1ccc(OC(F)(F)F)cc1. The van der Waals surface area contributed by atoms with Gasteiger partial charge in [0.2, 0.25) is 5.60 Å². The summed E-state index contributed by atoms with van der Waals surface area (Å²) in [6, 6.07) is 7.01. The summed E-state index contributed by atoms with van der Waals surface area (Å²) >= 11 is 5.98. The Morgan fingerprint density at radius 3 is 2.34 bits per heavy atom. The maximum atomic E-state index is 12.8. The van der Waals surface area contributed by atoms with Crippen LogP contribution >= 0.6 is 11.6 Å². The van der Waals surface area contributed by atoms with Gasteiger partial charge in [-0.3, -0.25) is 0 Å². The number of alkyl halides is 3. The lowest BCUT2D eigenvalue weighted by Crippen LogP contribution is -2.48. The van der Waals surface area contributed by atoms with Crippen LogP contribution in [0.15, 0.2) is 47.6 Å². The Kier molecular flexibility index (Phi) is 7.22. The van der Waals surface area contributed by atoms with Gasteiger partial charge in [0.05, 0.1) is 19.9 Å². The number of anilines is 1. The third-order valence-electron chi connectivity index (χ3n) is 4.84. The summed E-state index contributed by atoms with van der Waals surface area (Å²) in [7, 11) is 2.03. The summed E-state index contributed by atoms with van der Waals surface area (Å²) in [6.07, 6.45) is -6.38. The zero-order valence-corrected chi connectivity index (χ0v) is 18.8. The van der Waals surface area contributed by atoms with E-state index in [1.54, 1.807) is 0 Å². The van der Waals surface area contributed by atoms with Gasteiger partial charge in [-0.15, -0.1) is 13.2 Å². The van der Waals surface area contributed by atoms with E-state index in [1.165, 1.54) is 18.2 Å². The lowest BCUT2D eigenvalue weighted by Gasteiger charge is -2.22. The molecule has 10 nitrogen and oxygen atoms in total. The predicted molar refractivity (Wildman–Crippen MR) is 115 cm³/mol. The summed E-state index contributed by atoms with van der Waals surface area (Å²) in [5.41, 5.74) is 0.0571. The molecular formula is C21H17ClF3N3O7. The third kappa shape index (κ3) is 5.46. The standard InChI is InChI=1S/C21H17ClF3N3O7/c1-33-17(29)20(32)10-11-9-12(22)3-8-15(11)16(20)26-27-18(30)28(19(31)34-2)13-4-6-14(7-5-13)35-21(23,24)25/h3-9,32H,10H2,1-2H3,(H,27,30)/b26-16-/t20-/m0/s1. The number of ether oxygens (including phenoxy) is 3. The van der Waals surface area contributed by atoms with Crippen LogP contribution in [-0.4, -0.2) is 55.1 Å². The van der Waals surface area contributed by atoms with Crippen molar-refractivity contribution in [3.8, 4) is 5.75 Å². The molecule has 0 spiro atoms. The molecule has 2 aromatic rings. The van der Waals surface area contributed by atoms with E-state index in [9.17, 15) is 32.7 Å². The Hall–Kier alpha value is -3.84. The van der Waals surface area contributed by atoms with Crippen molar-refractivity contribution in [2.24, 2.45) is 5.10 Å². The average molecular weight is 516 g/mol. The van der Waals surface area contributed by atoms with Gasteiger partial charge in [-0.1, -0.05) is 17.7 Å². The molecule has 2 aromatic carbocycles. The van der Waals surface area contributed by atoms with E-state index in [2.05, 4.69) is 19.3 Å². The number of rotatable bonds is 4. The molecule has 1 aliphatic carbocycles. The van der Waals surface area contributed by atoms with Crippen LogP contribution in [0.2, 0.25) is 5.02 Å². The van der Waals surface area contributed by atoms with Crippen LogP contribution in [-0.2, 0) is 20.7 Å². The zero-order valence-electron chi connectivity index (χ0n) is 18.1. The number of esters is 1. The molecule has 0 fully saturated rings. The van der Waals surface area contributed by atoms with E-state index in [0.29, 0.717) is 21.0 Å². The molecule has 0 bridgehead atoms. The molecule has 0 unspecified atom stereocenters. The highest BCUT2D eigenvalue weighted by molar-refractivity contribution is 6.31. The fraction of sp³-hybridized carbons (Fsp3) is 0.238. The molecule has 0 aliphatic heterocycles. The van der Waals surface area contributed by atoms with Crippen molar-refractivity contribution in [1.29, 1.82) is 0 Å². The van der Waals surface area contributed by atoms with Crippen molar-refractivity contribution >= 4 is 41.1 Å². The summed E-state index contributed by atoms with van der Waals surface area (Å²) < 4.78 is 50.1. The Morgan fingerprint density at radius 1 is 1.11 bits per heavy atom. The molecule has 3 rings (SSSR count). The van der Waals surface area contributed by atoms with E-state index in [4.69, 9.17) is 11.6 Å². The fourth-order valence-corrected chi connectivity index (χ4v) is 3.55. The normalized spacial score (nSPS) is 18.0. The molecule has 1 aliphatic rings. The molecule has 0 aromatic heterocycles. The van der Waals surface area contributed by atoms with Gasteiger partial charge < -0.3 is 19.3 Å². The number of imide groups is 1. The number of carbonyl (C=O) groups excluding carboxylic acids is 3. The second-order valence-corrected chi connectivity index (χ2v) is 7.49. The molecule has 35 heavy (non-hydrogen) atoms. The lowest BCUT2D eigenvalue weighted by molar-refractivity contribution is -0.274. The molecule has 0 heterocycles.